The molecule has 0 aromatic heterocycles. The van der Waals surface area contributed by atoms with Crippen molar-refractivity contribution >= 4 is 8.32 Å². The Kier molecular flexibility index (Phi) is 4.10. The van der Waals surface area contributed by atoms with Gasteiger partial charge in [0.2, 0.25) is 8.32 Å². The molecule has 0 saturated carbocycles. The Morgan fingerprint density at radius 1 is 1.33 bits per heavy atom. The predicted molar refractivity (Wildman–Crippen MR) is 56.4 cm³/mol. The van der Waals surface area contributed by atoms with Crippen LogP contribution >= 0.6 is 0 Å². The van der Waals surface area contributed by atoms with E-state index in [4.69, 9.17) is 4.43 Å². The van der Waals surface area contributed by atoms with Crippen molar-refractivity contribution in [3.05, 3.63) is 24.6 Å². The molecule has 2 nitrogen and oxygen atoms in total. The number of rotatable bonds is 4. The van der Waals surface area contributed by atoms with Crippen LogP contribution in [0.1, 0.15) is 0 Å². The fourth-order valence-corrected chi connectivity index (χ4v) is 1.51. The molecule has 0 heterocycles. The van der Waals surface area contributed by atoms with Gasteiger partial charge in [-0.15, -0.1) is 0 Å². The number of allylic oxidation sites excluding steroid dienone is 1. The SMILES string of the molecule is C=C(/C=C/N(C)C)O[Si](C)(C)C. The second kappa shape index (κ2) is 4.35. The van der Waals surface area contributed by atoms with Crippen LogP contribution in [0.15, 0.2) is 24.6 Å². The quantitative estimate of drug-likeness (QED) is 0.379. The third kappa shape index (κ3) is 7.40. The fraction of sp³-hybridized carbons (Fsp3) is 0.556. The molecule has 0 radical (unpaired) electrons. The van der Waals surface area contributed by atoms with Crippen LogP contribution in [0.5, 0.6) is 0 Å². The topological polar surface area (TPSA) is 12.5 Å². The van der Waals surface area contributed by atoms with E-state index in [-0.39, 0.29) is 0 Å². The first kappa shape index (κ1) is 11.3. The van der Waals surface area contributed by atoms with Gasteiger partial charge in [-0.2, -0.15) is 0 Å². The van der Waals surface area contributed by atoms with Crippen molar-refractivity contribution in [1.29, 1.82) is 0 Å². The monoisotopic (exact) mass is 185 g/mol. The highest BCUT2D eigenvalue weighted by Crippen LogP contribution is 2.09. The van der Waals surface area contributed by atoms with Gasteiger partial charge < -0.3 is 9.33 Å². The van der Waals surface area contributed by atoms with Gasteiger partial charge in [0.15, 0.2) is 0 Å². The smallest absolute Gasteiger partial charge is 0.242 e. The van der Waals surface area contributed by atoms with E-state index in [1.807, 2.05) is 31.3 Å². The third-order valence-electron chi connectivity index (χ3n) is 0.996. The lowest BCUT2D eigenvalue weighted by atomic mass is 10.5. The highest BCUT2D eigenvalue weighted by molar-refractivity contribution is 6.70. The Labute approximate surface area is 76.7 Å². The van der Waals surface area contributed by atoms with Gasteiger partial charge in [-0.3, -0.25) is 0 Å². The molecule has 0 spiro atoms. The Balaban J connectivity index is 3.91. The molecule has 0 aliphatic carbocycles. The maximum atomic E-state index is 5.62. The molecular weight excluding hydrogens is 166 g/mol. The molecular formula is C9H19NOSi. The second-order valence-electron chi connectivity index (χ2n) is 3.96. The lowest BCUT2D eigenvalue weighted by molar-refractivity contribution is 0.440. The standard InChI is InChI=1S/C9H19NOSi/c1-9(7-8-10(2)3)11-12(4,5)6/h7-8H,1H2,2-6H3/b8-7+. The molecule has 0 bridgehead atoms. The third-order valence-corrected chi connectivity index (χ3v) is 1.87. The van der Waals surface area contributed by atoms with Crippen LogP contribution in [0.25, 0.3) is 0 Å². The van der Waals surface area contributed by atoms with Crippen molar-refractivity contribution in [2.24, 2.45) is 0 Å². The lowest BCUT2D eigenvalue weighted by Gasteiger charge is -2.19. The zero-order valence-corrected chi connectivity index (χ0v) is 9.72. The number of hydrogen-bond acceptors (Lipinski definition) is 2. The summed E-state index contributed by atoms with van der Waals surface area (Å²) in [7, 11) is 2.48. The largest absolute Gasteiger partial charge is 0.545 e. The fourth-order valence-electron chi connectivity index (χ4n) is 0.660. The van der Waals surface area contributed by atoms with Gasteiger partial charge in [-0.1, -0.05) is 6.58 Å². The molecule has 0 fully saturated rings. The van der Waals surface area contributed by atoms with E-state index in [1.165, 1.54) is 0 Å². The van der Waals surface area contributed by atoms with Gasteiger partial charge in [0.05, 0.1) is 5.76 Å². The summed E-state index contributed by atoms with van der Waals surface area (Å²) < 4.78 is 5.62. The van der Waals surface area contributed by atoms with Gasteiger partial charge >= 0.3 is 0 Å². The van der Waals surface area contributed by atoms with Crippen LogP contribution < -0.4 is 0 Å². The Morgan fingerprint density at radius 3 is 2.17 bits per heavy atom. The molecule has 3 heteroatoms. The molecule has 70 valence electrons. The lowest BCUT2D eigenvalue weighted by Crippen LogP contribution is -2.24. The molecule has 0 N–H and O–H groups in total. The van der Waals surface area contributed by atoms with Crippen molar-refractivity contribution in [2.45, 2.75) is 19.6 Å². The normalized spacial score (nSPS) is 11.8. The van der Waals surface area contributed by atoms with Crippen molar-refractivity contribution in [3.63, 3.8) is 0 Å². The summed E-state index contributed by atoms with van der Waals surface area (Å²) in [5.74, 6) is 0.753. The highest BCUT2D eigenvalue weighted by Gasteiger charge is 2.15. The molecule has 0 rings (SSSR count). The van der Waals surface area contributed by atoms with E-state index < -0.39 is 8.32 Å². The Bertz CT molecular complexity index is 179. The van der Waals surface area contributed by atoms with Gasteiger partial charge in [-0.25, -0.2) is 0 Å². The molecule has 0 aromatic rings. The average Bonchev–Trinajstić information content (AvgIpc) is 1.79. The van der Waals surface area contributed by atoms with E-state index in [9.17, 15) is 0 Å². The molecule has 0 saturated heterocycles. The van der Waals surface area contributed by atoms with Crippen LogP contribution in [0.2, 0.25) is 19.6 Å². The first-order valence-electron chi connectivity index (χ1n) is 4.04. The summed E-state index contributed by atoms with van der Waals surface area (Å²) in [6.07, 6.45) is 3.82. The van der Waals surface area contributed by atoms with Crippen LogP contribution in [0.3, 0.4) is 0 Å². The maximum Gasteiger partial charge on any atom is 0.242 e. The van der Waals surface area contributed by atoms with Crippen molar-refractivity contribution in [2.75, 3.05) is 14.1 Å². The van der Waals surface area contributed by atoms with Crippen molar-refractivity contribution < 1.29 is 4.43 Å². The van der Waals surface area contributed by atoms with Gasteiger partial charge in [0.1, 0.15) is 0 Å². The van der Waals surface area contributed by atoms with E-state index in [0.29, 0.717) is 0 Å². The summed E-state index contributed by atoms with van der Waals surface area (Å²) in [5.41, 5.74) is 0. The molecule has 12 heavy (non-hydrogen) atoms. The minimum Gasteiger partial charge on any atom is -0.545 e. The summed E-state index contributed by atoms with van der Waals surface area (Å²) in [5, 5.41) is 0. The first-order chi connectivity index (χ1) is 5.31. The molecule has 0 aliphatic rings. The molecule has 0 aromatic carbocycles. The zero-order chi connectivity index (χ0) is 9.78. The minimum absolute atomic E-state index is 0.753. The second-order valence-corrected chi connectivity index (χ2v) is 8.39. The molecule has 0 unspecified atom stereocenters. The molecule has 0 aliphatic heterocycles. The summed E-state index contributed by atoms with van der Waals surface area (Å²) in [6.45, 7) is 10.2. The predicted octanol–water partition coefficient (Wildman–Crippen LogP) is 2.43. The van der Waals surface area contributed by atoms with Gasteiger partial charge in [0, 0.05) is 20.3 Å². The van der Waals surface area contributed by atoms with Crippen molar-refractivity contribution in [3.8, 4) is 0 Å². The molecule has 0 atom stereocenters. The minimum atomic E-state index is -1.46. The van der Waals surface area contributed by atoms with Crippen LogP contribution in [0.4, 0.5) is 0 Å². The summed E-state index contributed by atoms with van der Waals surface area (Å²) in [6, 6.07) is 0. The van der Waals surface area contributed by atoms with E-state index in [2.05, 4.69) is 26.2 Å². The van der Waals surface area contributed by atoms with Crippen LogP contribution in [-0.2, 0) is 4.43 Å². The highest BCUT2D eigenvalue weighted by atomic mass is 28.4. The Hall–Kier alpha value is -0.703. The van der Waals surface area contributed by atoms with Crippen LogP contribution in [0, 0.1) is 0 Å². The zero-order valence-electron chi connectivity index (χ0n) is 8.72. The van der Waals surface area contributed by atoms with Crippen molar-refractivity contribution in [1.82, 2.24) is 4.90 Å². The van der Waals surface area contributed by atoms with E-state index >= 15 is 0 Å². The first-order valence-corrected chi connectivity index (χ1v) is 7.44. The summed E-state index contributed by atoms with van der Waals surface area (Å²) >= 11 is 0. The molecule has 0 amide bonds. The van der Waals surface area contributed by atoms with E-state index in [1.54, 1.807) is 0 Å². The van der Waals surface area contributed by atoms with Gasteiger partial charge in [-0.05, 0) is 25.7 Å². The van der Waals surface area contributed by atoms with E-state index in [0.717, 1.165) is 5.76 Å². The number of hydrogen-bond donors (Lipinski definition) is 0. The Morgan fingerprint density at radius 2 is 1.83 bits per heavy atom. The average molecular weight is 185 g/mol. The number of nitrogens with zero attached hydrogens (tertiary/aromatic N) is 1. The summed E-state index contributed by atoms with van der Waals surface area (Å²) in [4.78, 5) is 1.96. The van der Waals surface area contributed by atoms with Crippen LogP contribution in [-0.4, -0.2) is 27.3 Å². The van der Waals surface area contributed by atoms with Gasteiger partial charge in [0.25, 0.3) is 0 Å². The maximum absolute atomic E-state index is 5.62.